The number of carbonyl (C=O) groups is 2. The van der Waals surface area contributed by atoms with E-state index in [1.165, 1.54) is 4.90 Å². The normalized spacial score (nSPS) is 14.5. The van der Waals surface area contributed by atoms with Crippen molar-refractivity contribution >= 4 is 44.9 Å². The highest BCUT2D eigenvalue weighted by molar-refractivity contribution is 9.10. The van der Waals surface area contributed by atoms with Gasteiger partial charge in [0.25, 0.3) is 11.1 Å². The van der Waals surface area contributed by atoms with Crippen molar-refractivity contribution in [1.29, 1.82) is 0 Å². The highest BCUT2D eigenvalue weighted by Crippen LogP contribution is 2.39. The lowest BCUT2D eigenvalue weighted by Crippen LogP contribution is -2.32. The maximum atomic E-state index is 12.9. The number of pyridine rings is 1. The molecule has 1 aliphatic heterocycles. The van der Waals surface area contributed by atoms with E-state index >= 15 is 0 Å². The summed E-state index contributed by atoms with van der Waals surface area (Å²) in [6.07, 6.45) is 5.08. The molecule has 0 radical (unpaired) electrons. The van der Waals surface area contributed by atoms with Crippen LogP contribution in [0.4, 0.5) is 4.79 Å². The minimum atomic E-state index is -0.346. The van der Waals surface area contributed by atoms with Crippen LogP contribution < -0.4 is 14.2 Å². The number of hydrogen-bond acceptors (Lipinski definition) is 7. The summed E-state index contributed by atoms with van der Waals surface area (Å²) in [5.74, 6) is 1.41. The first kappa shape index (κ1) is 24.8. The van der Waals surface area contributed by atoms with Gasteiger partial charge in [0, 0.05) is 12.4 Å². The van der Waals surface area contributed by atoms with Gasteiger partial charge in [0.1, 0.15) is 19.0 Å². The average molecular weight is 555 g/mol. The van der Waals surface area contributed by atoms with E-state index in [0.717, 1.165) is 22.9 Å². The Kier molecular flexibility index (Phi) is 8.09. The molecule has 4 rings (SSSR count). The van der Waals surface area contributed by atoms with Crippen LogP contribution in [-0.2, 0) is 11.4 Å². The van der Waals surface area contributed by atoms with E-state index in [4.69, 9.17) is 14.2 Å². The number of hydrogen-bond donors (Lipinski definition) is 0. The van der Waals surface area contributed by atoms with Crippen molar-refractivity contribution in [3.05, 3.63) is 87.0 Å². The van der Waals surface area contributed by atoms with Gasteiger partial charge in [-0.2, -0.15) is 0 Å². The van der Waals surface area contributed by atoms with Crippen molar-refractivity contribution in [2.75, 3.05) is 20.3 Å². The van der Waals surface area contributed by atoms with E-state index in [-0.39, 0.29) is 24.3 Å². The Bertz CT molecular complexity index is 1270. The molecular formula is C26H23BrN2O5S. The van der Waals surface area contributed by atoms with Gasteiger partial charge < -0.3 is 14.2 Å². The monoisotopic (exact) mass is 554 g/mol. The van der Waals surface area contributed by atoms with E-state index < -0.39 is 0 Å². The minimum Gasteiger partial charge on any atom is -0.493 e. The third-order valence-electron chi connectivity index (χ3n) is 5.13. The first-order chi connectivity index (χ1) is 16.9. The second-order valence-electron chi connectivity index (χ2n) is 7.68. The van der Waals surface area contributed by atoms with Crippen LogP contribution in [0.1, 0.15) is 16.7 Å². The molecule has 0 bridgehead atoms. The summed E-state index contributed by atoms with van der Waals surface area (Å²) in [5.41, 5.74) is 2.75. The van der Waals surface area contributed by atoms with E-state index in [1.54, 1.807) is 31.6 Å². The number of rotatable bonds is 9. The summed E-state index contributed by atoms with van der Waals surface area (Å²) in [7, 11) is 1.55. The van der Waals surface area contributed by atoms with E-state index in [9.17, 15) is 9.59 Å². The molecule has 3 aromatic rings. The van der Waals surface area contributed by atoms with Crippen molar-refractivity contribution in [2.45, 2.75) is 13.5 Å². The molecular weight excluding hydrogens is 532 g/mol. The second kappa shape index (κ2) is 11.4. The zero-order valence-electron chi connectivity index (χ0n) is 19.2. The Morgan fingerprint density at radius 1 is 1.09 bits per heavy atom. The molecule has 1 aliphatic rings. The van der Waals surface area contributed by atoms with Crippen molar-refractivity contribution in [3.63, 3.8) is 0 Å². The van der Waals surface area contributed by atoms with Crippen molar-refractivity contribution in [1.82, 2.24) is 9.88 Å². The SMILES string of the molecule is COc1cc(/C=C2\SC(=O)N(CCOc3cccc(C)c3)C2=O)cc(Br)c1OCc1ccncc1. The van der Waals surface area contributed by atoms with Crippen LogP contribution in [-0.4, -0.2) is 41.3 Å². The Labute approximate surface area is 216 Å². The van der Waals surface area contributed by atoms with E-state index in [2.05, 4.69) is 20.9 Å². The quantitative estimate of drug-likeness (QED) is 0.307. The van der Waals surface area contributed by atoms with E-state index in [0.29, 0.717) is 38.8 Å². The number of nitrogens with zero attached hydrogens (tertiary/aromatic N) is 2. The van der Waals surface area contributed by atoms with Crippen LogP contribution in [0.5, 0.6) is 17.2 Å². The fourth-order valence-electron chi connectivity index (χ4n) is 3.40. The van der Waals surface area contributed by atoms with E-state index in [1.807, 2.05) is 49.4 Å². The topological polar surface area (TPSA) is 78.0 Å². The zero-order valence-corrected chi connectivity index (χ0v) is 21.6. The van der Waals surface area contributed by atoms with Crippen LogP contribution in [0.3, 0.4) is 0 Å². The summed E-state index contributed by atoms with van der Waals surface area (Å²) in [6, 6.07) is 14.9. The molecule has 2 aromatic carbocycles. The predicted molar refractivity (Wildman–Crippen MR) is 139 cm³/mol. The van der Waals surface area contributed by atoms with Gasteiger partial charge in [0.15, 0.2) is 11.5 Å². The molecule has 9 heteroatoms. The second-order valence-corrected chi connectivity index (χ2v) is 9.52. The summed E-state index contributed by atoms with van der Waals surface area (Å²) < 4.78 is 17.8. The van der Waals surface area contributed by atoms with Crippen LogP contribution in [0.15, 0.2) is 70.3 Å². The molecule has 1 saturated heterocycles. The number of halogens is 1. The Hall–Kier alpha value is -3.30. The Morgan fingerprint density at radius 3 is 2.63 bits per heavy atom. The van der Waals surface area contributed by atoms with Crippen LogP contribution >= 0.6 is 27.7 Å². The molecule has 35 heavy (non-hydrogen) atoms. The lowest BCUT2D eigenvalue weighted by molar-refractivity contribution is -0.123. The number of aromatic nitrogens is 1. The fraction of sp³-hybridized carbons (Fsp3) is 0.192. The Morgan fingerprint density at radius 2 is 1.89 bits per heavy atom. The summed E-state index contributed by atoms with van der Waals surface area (Å²) in [4.78, 5) is 30.9. The molecule has 1 fully saturated rings. The molecule has 0 unspecified atom stereocenters. The molecule has 0 spiro atoms. The predicted octanol–water partition coefficient (Wildman–Crippen LogP) is 5.86. The molecule has 2 amide bonds. The zero-order chi connectivity index (χ0) is 24.8. The van der Waals surface area contributed by atoms with Gasteiger partial charge >= 0.3 is 0 Å². The van der Waals surface area contributed by atoms with Crippen molar-refractivity contribution in [3.8, 4) is 17.2 Å². The maximum Gasteiger partial charge on any atom is 0.293 e. The fourth-order valence-corrected chi connectivity index (χ4v) is 4.84. The summed E-state index contributed by atoms with van der Waals surface area (Å²) in [5, 5.41) is -0.322. The van der Waals surface area contributed by atoms with Crippen LogP contribution in [0.2, 0.25) is 0 Å². The number of benzene rings is 2. The number of imide groups is 1. The molecule has 0 saturated carbocycles. The maximum absolute atomic E-state index is 12.9. The van der Waals surface area contributed by atoms with Gasteiger partial charge in [-0.25, -0.2) is 0 Å². The van der Waals surface area contributed by atoms with Crippen molar-refractivity contribution < 1.29 is 23.8 Å². The summed E-state index contributed by atoms with van der Waals surface area (Å²) >= 11 is 4.44. The molecule has 0 N–H and O–H groups in total. The lowest BCUT2D eigenvalue weighted by atomic mass is 10.1. The van der Waals surface area contributed by atoms with Gasteiger partial charge in [-0.1, -0.05) is 12.1 Å². The number of carbonyl (C=O) groups excluding carboxylic acids is 2. The van der Waals surface area contributed by atoms with Gasteiger partial charge in [-0.15, -0.1) is 0 Å². The molecule has 7 nitrogen and oxygen atoms in total. The van der Waals surface area contributed by atoms with Gasteiger partial charge in [-0.05, 0) is 93.8 Å². The number of aryl methyl sites for hydroxylation is 1. The highest BCUT2D eigenvalue weighted by atomic mass is 79.9. The smallest absolute Gasteiger partial charge is 0.293 e. The largest absolute Gasteiger partial charge is 0.493 e. The molecule has 1 aromatic heterocycles. The molecule has 0 atom stereocenters. The number of ether oxygens (including phenoxy) is 3. The molecule has 2 heterocycles. The van der Waals surface area contributed by atoms with Gasteiger partial charge in [0.2, 0.25) is 0 Å². The molecule has 0 aliphatic carbocycles. The van der Waals surface area contributed by atoms with Gasteiger partial charge in [0.05, 0.1) is 23.0 Å². The standard InChI is InChI=1S/C26H23BrN2O5S/c1-17-4-3-5-20(12-17)33-11-10-29-25(30)23(35-26(29)31)15-19-13-21(27)24(22(14-19)32-2)34-16-18-6-8-28-9-7-18/h3-9,12-15H,10-11,16H2,1-2H3/b23-15-. The van der Waals surface area contributed by atoms with Crippen molar-refractivity contribution in [2.24, 2.45) is 0 Å². The Balaban J connectivity index is 1.44. The highest BCUT2D eigenvalue weighted by Gasteiger charge is 2.35. The minimum absolute atomic E-state index is 0.171. The van der Waals surface area contributed by atoms with Crippen LogP contribution in [0, 0.1) is 6.92 Å². The van der Waals surface area contributed by atoms with Crippen LogP contribution in [0.25, 0.3) is 6.08 Å². The number of amides is 2. The number of methoxy groups -OCH3 is 1. The lowest BCUT2D eigenvalue weighted by Gasteiger charge is -2.14. The third kappa shape index (κ3) is 6.23. The third-order valence-corrected chi connectivity index (χ3v) is 6.63. The average Bonchev–Trinajstić information content (AvgIpc) is 3.11. The first-order valence-corrected chi connectivity index (χ1v) is 12.4. The van der Waals surface area contributed by atoms with Gasteiger partial charge in [-0.3, -0.25) is 19.5 Å². The first-order valence-electron chi connectivity index (χ1n) is 10.8. The number of thioether (sulfide) groups is 1. The molecule has 180 valence electrons. The summed E-state index contributed by atoms with van der Waals surface area (Å²) in [6.45, 7) is 2.71.